The normalized spacial score (nSPS) is 22.0. The number of aromatic nitrogens is 2. The highest BCUT2D eigenvalue weighted by atomic mass is 32.1. The Morgan fingerprint density at radius 1 is 1.10 bits per heavy atom. The zero-order valence-corrected chi connectivity index (χ0v) is 12.9. The smallest absolute Gasteiger partial charge is 0.140 e. The van der Waals surface area contributed by atoms with Gasteiger partial charge in [-0.25, -0.2) is 9.97 Å². The number of fused-ring (bicyclic) bond motifs is 1. The van der Waals surface area contributed by atoms with E-state index >= 15 is 0 Å². The van der Waals surface area contributed by atoms with Crippen molar-refractivity contribution < 1.29 is 4.74 Å². The molecule has 2 fully saturated rings. The Bertz CT molecular complexity index is 602. The summed E-state index contributed by atoms with van der Waals surface area (Å²) in [6.07, 6.45) is 4.13. The van der Waals surface area contributed by atoms with Gasteiger partial charge in [0.25, 0.3) is 0 Å². The number of ether oxygens (including phenoxy) is 1. The molecule has 2 aliphatic heterocycles. The predicted molar refractivity (Wildman–Crippen MR) is 85.0 cm³/mol. The van der Waals surface area contributed by atoms with Crippen molar-refractivity contribution in [3.05, 3.63) is 17.8 Å². The molecule has 2 saturated heterocycles. The van der Waals surface area contributed by atoms with Crippen LogP contribution in [0.3, 0.4) is 0 Å². The van der Waals surface area contributed by atoms with Crippen LogP contribution in [-0.2, 0) is 4.74 Å². The van der Waals surface area contributed by atoms with Gasteiger partial charge >= 0.3 is 0 Å². The summed E-state index contributed by atoms with van der Waals surface area (Å²) in [6.45, 7) is 6.14. The van der Waals surface area contributed by atoms with E-state index in [-0.39, 0.29) is 0 Å². The van der Waals surface area contributed by atoms with Gasteiger partial charge in [0.1, 0.15) is 17.0 Å². The minimum Gasteiger partial charge on any atom is -0.379 e. The SMILES string of the molecule is c1nc(N2CCC(N3CCOCC3)CC2)c2ccsc2n1. The first-order chi connectivity index (χ1) is 10.4. The summed E-state index contributed by atoms with van der Waals surface area (Å²) in [5.74, 6) is 1.11. The molecule has 0 N–H and O–H groups in total. The van der Waals surface area contributed by atoms with E-state index in [0.29, 0.717) is 6.04 Å². The van der Waals surface area contributed by atoms with Crippen molar-refractivity contribution in [2.75, 3.05) is 44.3 Å². The Labute approximate surface area is 128 Å². The molecule has 0 amide bonds. The second-order valence-electron chi connectivity index (χ2n) is 5.70. The molecule has 2 aromatic rings. The Balaban J connectivity index is 1.46. The average molecular weight is 304 g/mol. The average Bonchev–Trinajstić information content (AvgIpc) is 3.04. The van der Waals surface area contributed by atoms with Crippen molar-refractivity contribution in [3.63, 3.8) is 0 Å². The fourth-order valence-electron chi connectivity index (χ4n) is 3.41. The van der Waals surface area contributed by atoms with Crippen molar-refractivity contribution in [1.82, 2.24) is 14.9 Å². The molecule has 0 atom stereocenters. The van der Waals surface area contributed by atoms with E-state index in [0.717, 1.165) is 50.0 Å². The van der Waals surface area contributed by atoms with Gasteiger partial charge in [0.15, 0.2) is 0 Å². The molecule has 0 aliphatic carbocycles. The molecule has 6 heteroatoms. The largest absolute Gasteiger partial charge is 0.379 e. The van der Waals surface area contributed by atoms with E-state index in [4.69, 9.17) is 4.74 Å². The van der Waals surface area contributed by atoms with E-state index in [1.54, 1.807) is 17.7 Å². The number of hydrogen-bond donors (Lipinski definition) is 0. The number of thiophene rings is 1. The fourth-order valence-corrected chi connectivity index (χ4v) is 4.14. The molecule has 0 saturated carbocycles. The second-order valence-corrected chi connectivity index (χ2v) is 6.60. The van der Waals surface area contributed by atoms with Crippen LogP contribution < -0.4 is 4.90 Å². The topological polar surface area (TPSA) is 41.5 Å². The van der Waals surface area contributed by atoms with Gasteiger partial charge < -0.3 is 9.64 Å². The van der Waals surface area contributed by atoms with Crippen LogP contribution in [0.25, 0.3) is 10.2 Å². The van der Waals surface area contributed by atoms with E-state index in [1.807, 2.05) is 0 Å². The van der Waals surface area contributed by atoms with E-state index in [1.165, 1.54) is 18.2 Å². The molecule has 0 radical (unpaired) electrons. The van der Waals surface area contributed by atoms with Gasteiger partial charge in [0.05, 0.1) is 18.6 Å². The quantitative estimate of drug-likeness (QED) is 0.849. The lowest BCUT2D eigenvalue weighted by atomic mass is 10.0. The zero-order chi connectivity index (χ0) is 14.1. The summed E-state index contributed by atoms with van der Waals surface area (Å²) in [5, 5.41) is 3.30. The fraction of sp³-hybridized carbons (Fsp3) is 0.600. The molecule has 5 nitrogen and oxygen atoms in total. The van der Waals surface area contributed by atoms with Crippen LogP contribution in [0.15, 0.2) is 17.8 Å². The van der Waals surface area contributed by atoms with Crippen LogP contribution in [0.4, 0.5) is 5.82 Å². The number of morpholine rings is 1. The molecule has 0 unspecified atom stereocenters. The monoisotopic (exact) mass is 304 g/mol. The first kappa shape index (κ1) is 13.4. The highest BCUT2D eigenvalue weighted by molar-refractivity contribution is 7.16. The number of nitrogens with zero attached hydrogens (tertiary/aromatic N) is 4. The Kier molecular flexibility index (Phi) is 3.75. The van der Waals surface area contributed by atoms with Crippen molar-refractivity contribution in [1.29, 1.82) is 0 Å². The maximum absolute atomic E-state index is 5.45. The van der Waals surface area contributed by atoms with E-state index < -0.39 is 0 Å². The molecule has 0 bridgehead atoms. The first-order valence-electron chi connectivity index (χ1n) is 7.67. The van der Waals surface area contributed by atoms with Gasteiger partial charge in [0.2, 0.25) is 0 Å². The minimum atomic E-state index is 0.713. The van der Waals surface area contributed by atoms with Gasteiger partial charge in [0, 0.05) is 32.2 Å². The number of hydrogen-bond acceptors (Lipinski definition) is 6. The summed E-state index contributed by atoms with van der Waals surface area (Å²) in [5.41, 5.74) is 0. The molecule has 4 heterocycles. The highest BCUT2D eigenvalue weighted by Crippen LogP contribution is 2.29. The van der Waals surface area contributed by atoms with Crippen LogP contribution in [0.1, 0.15) is 12.8 Å². The second kappa shape index (κ2) is 5.87. The van der Waals surface area contributed by atoms with Crippen molar-refractivity contribution in [2.24, 2.45) is 0 Å². The molecular formula is C15H20N4OS. The summed E-state index contributed by atoms with van der Waals surface area (Å²) >= 11 is 1.69. The molecule has 2 aromatic heterocycles. The van der Waals surface area contributed by atoms with Crippen molar-refractivity contribution in [3.8, 4) is 0 Å². The maximum Gasteiger partial charge on any atom is 0.140 e. The Morgan fingerprint density at radius 2 is 1.90 bits per heavy atom. The Hall–Kier alpha value is -1.24. The van der Waals surface area contributed by atoms with Crippen LogP contribution in [0.2, 0.25) is 0 Å². The molecular weight excluding hydrogens is 284 g/mol. The lowest BCUT2D eigenvalue weighted by Crippen LogP contribution is -2.49. The lowest BCUT2D eigenvalue weighted by Gasteiger charge is -2.40. The van der Waals surface area contributed by atoms with E-state index in [9.17, 15) is 0 Å². The number of piperidine rings is 1. The lowest BCUT2D eigenvalue weighted by molar-refractivity contribution is 0.0115. The predicted octanol–water partition coefficient (Wildman–Crippen LogP) is 1.99. The van der Waals surface area contributed by atoms with Gasteiger partial charge in [-0.1, -0.05) is 0 Å². The number of anilines is 1. The molecule has 0 aromatic carbocycles. The van der Waals surface area contributed by atoms with Crippen LogP contribution in [0, 0.1) is 0 Å². The molecule has 112 valence electrons. The van der Waals surface area contributed by atoms with Gasteiger partial charge in [-0.15, -0.1) is 11.3 Å². The first-order valence-corrected chi connectivity index (χ1v) is 8.55. The van der Waals surface area contributed by atoms with Gasteiger partial charge in [-0.2, -0.15) is 0 Å². The van der Waals surface area contributed by atoms with Crippen LogP contribution >= 0.6 is 11.3 Å². The third-order valence-corrected chi connectivity index (χ3v) is 5.39. The Morgan fingerprint density at radius 3 is 2.71 bits per heavy atom. The molecule has 0 spiro atoms. The zero-order valence-electron chi connectivity index (χ0n) is 12.1. The van der Waals surface area contributed by atoms with Crippen LogP contribution in [-0.4, -0.2) is 60.3 Å². The minimum absolute atomic E-state index is 0.713. The summed E-state index contributed by atoms with van der Waals surface area (Å²) < 4.78 is 5.45. The van der Waals surface area contributed by atoms with Crippen molar-refractivity contribution in [2.45, 2.75) is 18.9 Å². The third kappa shape index (κ3) is 2.63. The van der Waals surface area contributed by atoms with Gasteiger partial charge in [-0.05, 0) is 24.3 Å². The number of rotatable bonds is 2. The van der Waals surface area contributed by atoms with Crippen molar-refractivity contribution >= 4 is 27.4 Å². The standard InChI is InChI=1S/C15H20N4OS/c1-4-19(5-2-12(1)18-6-8-20-9-7-18)14-13-3-10-21-15(13)17-11-16-14/h3,10-12H,1-2,4-9H2. The summed E-state index contributed by atoms with van der Waals surface area (Å²) in [6, 6.07) is 2.86. The molecule has 4 rings (SSSR count). The van der Waals surface area contributed by atoms with E-state index in [2.05, 4.69) is 31.2 Å². The summed E-state index contributed by atoms with van der Waals surface area (Å²) in [7, 11) is 0. The molecule has 21 heavy (non-hydrogen) atoms. The van der Waals surface area contributed by atoms with Gasteiger partial charge in [-0.3, -0.25) is 4.90 Å². The molecule has 2 aliphatic rings. The summed E-state index contributed by atoms with van der Waals surface area (Å²) in [4.78, 5) is 15.0. The highest BCUT2D eigenvalue weighted by Gasteiger charge is 2.27. The third-order valence-electron chi connectivity index (χ3n) is 4.57. The maximum atomic E-state index is 5.45. The van der Waals surface area contributed by atoms with Crippen LogP contribution in [0.5, 0.6) is 0 Å².